The maximum absolute atomic E-state index is 13.6. The SMILES string of the molecule is Cc1c2oc3c(C)c(N)ccc3c(-c3ccc(C(=O)CCC(C)(C)SSCOCC#Cc4cn([C@H]5CC(OCSSC(C)(C)C)[C@@H](COP(=O)(O)OP(=O)(O)OP(=O)(O)O)O5)c(=O)nc4N)cc3C(=O)O)c-2ccc1=N. The van der Waals surface area contributed by atoms with Gasteiger partial charge in [0.15, 0.2) is 5.78 Å². The van der Waals surface area contributed by atoms with Crippen LogP contribution in [0.2, 0.25) is 0 Å². The van der Waals surface area contributed by atoms with Crippen molar-refractivity contribution >= 4 is 101 Å². The summed E-state index contributed by atoms with van der Waals surface area (Å²) in [4.78, 5) is 80.7. The average molecular weight is 1190 g/mol. The van der Waals surface area contributed by atoms with Crippen molar-refractivity contribution in [3.8, 4) is 34.3 Å². The smallest absolute Gasteiger partial charge is 0.478 e. The van der Waals surface area contributed by atoms with Crippen LogP contribution in [-0.4, -0.2) is 92.8 Å². The number of hydrogen-bond acceptors (Lipinski definition) is 21. The number of aryl methyl sites for hydroxylation is 1. The summed E-state index contributed by atoms with van der Waals surface area (Å²) < 4.78 is 72.3. The van der Waals surface area contributed by atoms with Gasteiger partial charge in [0, 0.05) is 67.4 Å². The number of nitrogens with one attached hydrogen (secondary N) is 1. The monoisotopic (exact) mass is 1190 g/mol. The molecule has 23 nitrogen and oxygen atoms in total. The van der Waals surface area contributed by atoms with E-state index < -0.39 is 64.9 Å². The Morgan fingerprint density at radius 1 is 0.934 bits per heavy atom. The third-order valence-corrected chi connectivity index (χ3v) is 21.0. The zero-order chi connectivity index (χ0) is 56.1. The van der Waals surface area contributed by atoms with E-state index in [1.807, 2.05) is 41.5 Å². The molecule has 0 radical (unpaired) electrons. The lowest BCUT2D eigenvalue weighted by molar-refractivity contribution is -0.0543. The fourth-order valence-corrected chi connectivity index (χ4v) is 14.8. The number of fused-ring (bicyclic) bond motifs is 2. The van der Waals surface area contributed by atoms with Crippen LogP contribution in [0.25, 0.3) is 33.4 Å². The summed E-state index contributed by atoms with van der Waals surface area (Å²) in [6, 6.07) is 11.5. The number of ether oxygens (including phenoxy) is 3. The molecule has 0 spiro atoms. The van der Waals surface area contributed by atoms with Crippen LogP contribution in [0.15, 0.2) is 57.9 Å². The molecule has 1 fully saturated rings. The molecule has 0 saturated carbocycles. The fourth-order valence-electron chi connectivity index (χ4n) is 7.52. The van der Waals surface area contributed by atoms with Crippen molar-refractivity contribution in [2.75, 3.05) is 36.6 Å². The number of nitrogen functional groups attached to an aromatic ring is 2. The molecule has 3 aliphatic rings. The summed E-state index contributed by atoms with van der Waals surface area (Å²) >= 11 is 0. The van der Waals surface area contributed by atoms with Gasteiger partial charge in [0.1, 0.15) is 48.0 Å². The van der Waals surface area contributed by atoms with E-state index in [-0.39, 0.29) is 69.7 Å². The average Bonchev–Trinajstić information content (AvgIpc) is 3.72. The summed E-state index contributed by atoms with van der Waals surface area (Å²) in [7, 11) is -11.2. The summed E-state index contributed by atoms with van der Waals surface area (Å²) in [6.07, 6.45) is -1.37. The Hall–Kier alpha value is -4.00. The van der Waals surface area contributed by atoms with Crippen LogP contribution in [0.1, 0.15) is 97.5 Å². The van der Waals surface area contributed by atoms with Crippen molar-refractivity contribution in [3.05, 3.63) is 92.3 Å². The first-order valence-electron chi connectivity index (χ1n) is 22.7. The number of carboxylic acid groups (broad SMARTS) is 1. The molecular weight excluding hydrogens is 1130 g/mol. The number of carbonyl (C=O) groups excluding carboxylic acids is 1. The molecule has 1 aromatic heterocycles. The predicted octanol–water partition coefficient (Wildman–Crippen LogP) is 9.02. The second-order valence-corrected chi connectivity index (χ2v) is 29.0. The Kier molecular flexibility index (Phi) is 20.1. The molecule has 2 aromatic carbocycles. The Balaban J connectivity index is 1.05. The van der Waals surface area contributed by atoms with Crippen LogP contribution < -0.4 is 22.5 Å². The first-order valence-corrected chi connectivity index (χ1v) is 31.8. The number of phosphoric ester groups is 1. The molecule has 0 bridgehead atoms. The van der Waals surface area contributed by atoms with E-state index in [2.05, 4.69) is 25.4 Å². The summed E-state index contributed by atoms with van der Waals surface area (Å²) in [5.41, 5.74) is 15.5. The maximum atomic E-state index is 13.6. The molecule has 30 heteroatoms. The van der Waals surface area contributed by atoms with Crippen LogP contribution in [0.3, 0.4) is 0 Å². The number of Topliss-reactive ketones (excluding diaryl/α,β-unsaturated/α-hetero) is 1. The van der Waals surface area contributed by atoms with E-state index in [4.69, 9.17) is 49.8 Å². The topological polar surface area (TPSA) is 366 Å². The number of benzene rings is 3. The molecule has 1 saturated heterocycles. The van der Waals surface area contributed by atoms with Crippen LogP contribution in [0.5, 0.6) is 0 Å². The van der Waals surface area contributed by atoms with Gasteiger partial charge in [-0.1, -0.05) is 87.9 Å². The van der Waals surface area contributed by atoms with Crippen molar-refractivity contribution in [2.24, 2.45) is 0 Å². The van der Waals surface area contributed by atoms with Gasteiger partial charge in [-0.25, -0.2) is 23.3 Å². The Morgan fingerprint density at radius 2 is 1.63 bits per heavy atom. The molecule has 3 unspecified atom stereocenters. The number of carboxylic acids is 1. The number of anilines is 2. The number of aromatic nitrogens is 2. The van der Waals surface area contributed by atoms with Crippen LogP contribution in [-0.2, 0) is 41.1 Å². The molecule has 412 valence electrons. The first kappa shape index (κ1) is 61.2. The Morgan fingerprint density at radius 3 is 2.32 bits per heavy atom. The number of phosphoric acid groups is 3. The molecule has 1 aliphatic carbocycles. The molecule has 5 atom stereocenters. The molecule has 3 heterocycles. The Labute approximate surface area is 452 Å². The molecule has 2 aliphatic heterocycles. The summed E-state index contributed by atoms with van der Waals surface area (Å²) in [5, 5.41) is 19.8. The van der Waals surface area contributed by atoms with E-state index >= 15 is 0 Å². The number of aromatic carboxylic acids is 1. The molecule has 10 N–H and O–H groups in total. The highest BCUT2D eigenvalue weighted by molar-refractivity contribution is 8.77. The van der Waals surface area contributed by atoms with Gasteiger partial charge in [0.05, 0.1) is 29.2 Å². The van der Waals surface area contributed by atoms with E-state index in [0.717, 1.165) is 4.57 Å². The number of rotatable bonds is 23. The largest absolute Gasteiger partial charge is 0.490 e. The lowest BCUT2D eigenvalue weighted by Crippen LogP contribution is -2.29. The molecule has 6 rings (SSSR count). The van der Waals surface area contributed by atoms with Gasteiger partial charge in [-0.2, -0.15) is 13.6 Å². The van der Waals surface area contributed by atoms with Gasteiger partial charge < -0.3 is 60.2 Å². The van der Waals surface area contributed by atoms with Crippen molar-refractivity contribution in [3.63, 3.8) is 0 Å². The lowest BCUT2D eigenvalue weighted by atomic mass is 9.87. The minimum Gasteiger partial charge on any atom is -0.478 e. The van der Waals surface area contributed by atoms with Crippen LogP contribution in [0.4, 0.5) is 11.5 Å². The summed E-state index contributed by atoms with van der Waals surface area (Å²) in [5.74, 6) is 4.72. The normalized spacial score (nSPS) is 17.8. The predicted molar refractivity (Wildman–Crippen MR) is 291 cm³/mol. The molecule has 3 aromatic rings. The second-order valence-electron chi connectivity index (χ2n) is 18.6. The number of nitrogens with zero attached hydrogens (tertiary/aromatic N) is 2. The summed E-state index contributed by atoms with van der Waals surface area (Å²) in [6.45, 7) is 12.6. The van der Waals surface area contributed by atoms with Gasteiger partial charge in [-0.05, 0) is 70.0 Å². The zero-order valence-corrected chi connectivity index (χ0v) is 47.8. The van der Waals surface area contributed by atoms with Gasteiger partial charge in [0.2, 0.25) is 0 Å². The standard InChI is InChI=1S/C46H56N5O18P3S4/c1-25-33(47)14-12-30-39(31-13-15-34(48)26(2)41(31)67-40(25)30)29-11-10-27(19-32(29)43(53)54)35(52)16-17-46(6,7)76-73-23-63-18-8-9-28-21-51(44(55)50-42(28)49)38-20-36(64-24-74-75-45(3,4)5)37(66-38)22-65-71(59,60)69-72(61,62)68-70(56,57)58/h10-15,19,21,36-38,47H,16-18,20,22-24,48H2,1-7H3,(H,53,54)(H,59,60)(H,61,62)(H2,49,50,55)(H2,56,57,58)/t36?,37-,38-/m1/s1. The number of nitrogens with two attached hydrogens (primary N) is 2. The molecule has 76 heavy (non-hydrogen) atoms. The molecule has 0 amide bonds. The van der Waals surface area contributed by atoms with Crippen LogP contribution in [0, 0.1) is 31.1 Å². The number of carbonyl (C=O) groups is 2. The minimum atomic E-state index is -5.79. The van der Waals surface area contributed by atoms with Gasteiger partial charge in [0.25, 0.3) is 0 Å². The van der Waals surface area contributed by atoms with Crippen molar-refractivity contribution in [1.29, 1.82) is 5.41 Å². The van der Waals surface area contributed by atoms with E-state index in [1.165, 1.54) is 55.4 Å². The van der Waals surface area contributed by atoms with Gasteiger partial charge in [-0.3, -0.25) is 13.9 Å². The van der Waals surface area contributed by atoms with Crippen LogP contribution >= 0.6 is 66.6 Å². The third kappa shape index (κ3) is 16.5. The number of ketones is 1. The minimum absolute atomic E-state index is 0.0295. The van der Waals surface area contributed by atoms with Gasteiger partial charge in [-0.15, -0.1) is 0 Å². The quantitative estimate of drug-likeness (QED) is 0.00442. The fraction of sp³-hybridized carbons (Fsp3) is 0.413. The van der Waals surface area contributed by atoms with E-state index in [1.54, 1.807) is 43.3 Å². The highest BCUT2D eigenvalue weighted by atomic mass is 33.1. The highest BCUT2D eigenvalue weighted by Gasteiger charge is 2.44. The van der Waals surface area contributed by atoms with Crippen molar-refractivity contribution in [1.82, 2.24) is 9.55 Å². The first-order chi connectivity index (χ1) is 35.3. The lowest BCUT2D eigenvalue weighted by Gasteiger charge is -2.23. The van der Waals surface area contributed by atoms with E-state index in [9.17, 15) is 43.0 Å². The number of hydrogen-bond donors (Lipinski definition) is 8. The third-order valence-electron chi connectivity index (χ3n) is 11.1. The molecular formula is C46H56N5O18P3S4. The maximum Gasteiger partial charge on any atom is 0.490 e. The van der Waals surface area contributed by atoms with Crippen molar-refractivity contribution < 1.29 is 79.7 Å². The van der Waals surface area contributed by atoms with Crippen molar-refractivity contribution in [2.45, 2.75) is 95.7 Å². The second kappa shape index (κ2) is 25.0. The van der Waals surface area contributed by atoms with Gasteiger partial charge >= 0.3 is 35.1 Å². The zero-order valence-electron chi connectivity index (χ0n) is 41.9. The highest BCUT2D eigenvalue weighted by Crippen LogP contribution is 2.66. The Bertz CT molecular complexity index is 3320. The van der Waals surface area contributed by atoms with E-state index in [0.29, 0.717) is 56.7 Å².